The van der Waals surface area contributed by atoms with E-state index in [0.717, 1.165) is 22.6 Å². The highest BCUT2D eigenvalue weighted by Gasteiger charge is 2.51. The van der Waals surface area contributed by atoms with Crippen LogP contribution in [0.15, 0.2) is 54.6 Å². The largest absolute Gasteiger partial charge is 0.492 e. The molecule has 3 aliphatic rings. The van der Waals surface area contributed by atoms with Crippen molar-refractivity contribution in [3.8, 4) is 11.8 Å². The van der Waals surface area contributed by atoms with E-state index < -0.39 is 40.5 Å². The van der Waals surface area contributed by atoms with Crippen molar-refractivity contribution in [2.45, 2.75) is 96.9 Å². The first-order valence-corrected chi connectivity index (χ1v) is 20.8. The molecule has 3 saturated heterocycles. The fourth-order valence-corrected chi connectivity index (χ4v) is 9.13. The predicted molar refractivity (Wildman–Crippen MR) is 226 cm³/mol. The molecule has 0 bridgehead atoms. The van der Waals surface area contributed by atoms with E-state index in [2.05, 4.69) is 29.0 Å². The van der Waals surface area contributed by atoms with E-state index in [9.17, 15) is 42.0 Å². The zero-order chi connectivity index (χ0) is 44.6. The van der Waals surface area contributed by atoms with Crippen molar-refractivity contribution in [1.82, 2.24) is 15.1 Å². The molecule has 0 saturated carbocycles. The number of ether oxygens (including phenoxy) is 1. The minimum absolute atomic E-state index is 0.000608. The van der Waals surface area contributed by atoms with Gasteiger partial charge in [0.25, 0.3) is 5.91 Å². The van der Waals surface area contributed by atoms with Crippen LogP contribution in [0.3, 0.4) is 0 Å². The Morgan fingerprint density at radius 1 is 1.00 bits per heavy atom. The average molecular weight is 863 g/mol. The van der Waals surface area contributed by atoms with Gasteiger partial charge in [-0.25, -0.2) is 4.39 Å². The molecule has 1 unspecified atom stereocenters. The molecular weight excluding hydrogens is 813 g/mol. The molecule has 0 aliphatic carbocycles. The lowest BCUT2D eigenvalue weighted by molar-refractivity contribution is -0.138. The Morgan fingerprint density at radius 2 is 1.67 bits per heavy atom. The van der Waals surface area contributed by atoms with Crippen LogP contribution in [-0.4, -0.2) is 88.8 Å². The van der Waals surface area contributed by atoms with E-state index in [1.165, 1.54) is 18.2 Å². The van der Waals surface area contributed by atoms with Crippen LogP contribution in [0.5, 0.6) is 5.75 Å². The molecule has 3 aromatic carbocycles. The lowest BCUT2D eigenvalue weighted by Gasteiger charge is -2.44. The van der Waals surface area contributed by atoms with Crippen molar-refractivity contribution < 1.29 is 41.5 Å². The highest BCUT2D eigenvalue weighted by Crippen LogP contribution is 2.41. The Morgan fingerprint density at radius 3 is 2.31 bits per heavy atom. The quantitative estimate of drug-likeness (QED) is 0.110. The highest BCUT2D eigenvalue weighted by molar-refractivity contribution is 7.81. The molecule has 3 amide bonds. The van der Waals surface area contributed by atoms with Gasteiger partial charge in [0.2, 0.25) is 11.8 Å². The molecule has 3 fully saturated rings. The van der Waals surface area contributed by atoms with Crippen LogP contribution in [0.4, 0.5) is 28.9 Å². The second-order valence-electron chi connectivity index (χ2n) is 17.0. The summed E-state index contributed by atoms with van der Waals surface area (Å²) >= 11 is 5.75. The third-order valence-corrected chi connectivity index (χ3v) is 12.0. The molecule has 16 heteroatoms. The van der Waals surface area contributed by atoms with Gasteiger partial charge < -0.3 is 9.64 Å². The number of halogens is 4. The molecule has 0 radical (unpaired) electrons. The number of ketones is 1. The summed E-state index contributed by atoms with van der Waals surface area (Å²) in [4.78, 5) is 58.0. The number of hydrogen-bond acceptors (Lipinski definition) is 9. The molecule has 0 aromatic heterocycles. The van der Waals surface area contributed by atoms with E-state index in [0.29, 0.717) is 55.2 Å². The number of carbonyl (C=O) groups is 4. The summed E-state index contributed by atoms with van der Waals surface area (Å²) in [5.41, 5.74) is -0.448. The number of nitrogens with one attached hydrogen (secondary N) is 1. The molecule has 3 aliphatic heterocycles. The van der Waals surface area contributed by atoms with Gasteiger partial charge in [-0.3, -0.25) is 39.2 Å². The molecule has 11 nitrogen and oxygen atoms in total. The Hall–Kier alpha value is -5.24. The number of anilines is 2. The molecule has 3 atom stereocenters. The Balaban J connectivity index is 1.06. The zero-order valence-electron chi connectivity index (χ0n) is 35.1. The Labute approximate surface area is 358 Å². The second-order valence-corrected chi connectivity index (χ2v) is 17.4. The average Bonchev–Trinajstić information content (AvgIpc) is 3.35. The number of piperidine rings is 1. The van der Waals surface area contributed by atoms with Crippen molar-refractivity contribution in [3.05, 3.63) is 88.2 Å². The molecule has 1 N–H and O–H groups in total. The number of rotatable bonds is 13. The van der Waals surface area contributed by atoms with Crippen molar-refractivity contribution >= 4 is 52.2 Å². The van der Waals surface area contributed by atoms with E-state index in [1.807, 2.05) is 26.0 Å². The highest BCUT2D eigenvalue weighted by atomic mass is 32.1. The third-order valence-electron chi connectivity index (χ3n) is 11.7. The Kier molecular flexibility index (Phi) is 13.4. The standard InChI is InChI=1S/C45H50F4N6O5S/c1-26(2)37-20-35(55-43(61)54(42(59)44(55,5)6)34-9-7-32(22-50)38(21-34)45(47,48)49)10-11-39(37)60-14-13-52-23-27(3)53(28(4)24-52)25-36(56)19-30-15-29(17-33(46)18-30)16-31-8-12-40(57)51-41(31)58/h7,9-11,15,17-18,20-21,26-28,31H,8,12-14,16,19,23-25H2,1-6H3,(H,51,57,58)/t27-,28+,31?. The third kappa shape index (κ3) is 9.95. The number of alkyl halides is 3. The van der Waals surface area contributed by atoms with Crippen LogP contribution in [0.1, 0.15) is 88.1 Å². The summed E-state index contributed by atoms with van der Waals surface area (Å²) in [6, 6.07) is 14.7. The van der Waals surface area contributed by atoms with Crippen LogP contribution < -0.4 is 19.9 Å². The van der Waals surface area contributed by atoms with Gasteiger partial charge in [-0.1, -0.05) is 19.9 Å². The SMILES string of the molecule is CC(C)c1cc(N2C(=S)N(c3ccc(C#N)c(C(F)(F)F)c3)C(=O)C2(C)C)ccc1OCCN1C[C@@H](C)N(CC(=O)Cc2cc(F)cc(CC3CCC(=O)NC3=O)c2)[C@@H](C)C1. The van der Waals surface area contributed by atoms with Crippen molar-refractivity contribution in [3.63, 3.8) is 0 Å². The first kappa shape index (κ1) is 45.3. The van der Waals surface area contributed by atoms with E-state index >= 15 is 0 Å². The number of hydrogen-bond donors (Lipinski definition) is 1. The molecular formula is C45H50F4N6O5S. The van der Waals surface area contributed by atoms with Crippen molar-refractivity contribution in [1.29, 1.82) is 5.26 Å². The molecule has 324 valence electrons. The first-order chi connectivity index (χ1) is 28.7. The Bertz CT molecular complexity index is 2260. The number of nitrogens with zero attached hydrogens (tertiary/aromatic N) is 5. The number of benzene rings is 3. The molecule has 61 heavy (non-hydrogen) atoms. The van der Waals surface area contributed by atoms with Crippen molar-refractivity contribution in [2.75, 3.05) is 42.6 Å². The number of imide groups is 1. The van der Waals surface area contributed by atoms with Gasteiger partial charge in [-0.05, 0) is 124 Å². The molecule has 0 spiro atoms. The van der Waals surface area contributed by atoms with Gasteiger partial charge >= 0.3 is 6.18 Å². The number of thiocarbonyl (C=S) groups is 1. The number of amides is 3. The molecule has 6 rings (SSSR count). The van der Waals surface area contributed by atoms with Gasteiger partial charge in [-0.15, -0.1) is 0 Å². The normalized spacial score (nSPS) is 21.2. The van der Waals surface area contributed by atoms with Gasteiger partial charge in [0.1, 0.15) is 23.7 Å². The lowest BCUT2D eigenvalue weighted by Crippen LogP contribution is -2.58. The number of carbonyl (C=O) groups excluding carboxylic acids is 4. The first-order valence-electron chi connectivity index (χ1n) is 20.4. The monoisotopic (exact) mass is 862 g/mol. The fourth-order valence-electron chi connectivity index (χ4n) is 8.60. The van der Waals surface area contributed by atoms with E-state index in [1.54, 1.807) is 36.9 Å². The smallest absolute Gasteiger partial charge is 0.417 e. The van der Waals surface area contributed by atoms with Gasteiger partial charge in [0.05, 0.1) is 29.4 Å². The minimum Gasteiger partial charge on any atom is -0.492 e. The summed E-state index contributed by atoms with van der Waals surface area (Å²) in [5.74, 6) is -1.48. The van der Waals surface area contributed by atoms with E-state index in [4.69, 9.17) is 17.0 Å². The van der Waals surface area contributed by atoms with Crippen molar-refractivity contribution in [2.24, 2.45) is 5.92 Å². The maximum Gasteiger partial charge on any atom is 0.417 e. The van der Waals surface area contributed by atoms with Crippen LogP contribution in [0.25, 0.3) is 0 Å². The topological polar surface area (TPSA) is 126 Å². The van der Waals surface area contributed by atoms with Gasteiger partial charge in [0, 0.05) is 56.2 Å². The maximum atomic E-state index is 14.6. The number of piperazine rings is 1. The lowest BCUT2D eigenvalue weighted by atomic mass is 9.90. The maximum absolute atomic E-state index is 14.6. The summed E-state index contributed by atoms with van der Waals surface area (Å²) in [5, 5.41) is 11.6. The fraction of sp³-hybridized carbons (Fsp3) is 0.467. The predicted octanol–water partition coefficient (Wildman–Crippen LogP) is 6.94. The zero-order valence-corrected chi connectivity index (χ0v) is 35.9. The number of Topliss-reactive ketones (excluding diaryl/α,β-unsaturated/α-hetero) is 1. The summed E-state index contributed by atoms with van der Waals surface area (Å²) in [7, 11) is 0. The van der Waals surface area contributed by atoms with Gasteiger partial charge in [0.15, 0.2) is 10.9 Å². The second kappa shape index (κ2) is 18.0. The van der Waals surface area contributed by atoms with Crippen LogP contribution in [0.2, 0.25) is 0 Å². The van der Waals surface area contributed by atoms with Crippen LogP contribution >= 0.6 is 12.2 Å². The molecule has 3 heterocycles. The van der Waals surface area contributed by atoms with E-state index in [-0.39, 0.29) is 72.2 Å². The minimum atomic E-state index is -4.81. The van der Waals surface area contributed by atoms with Gasteiger partial charge in [-0.2, -0.15) is 18.4 Å². The number of nitriles is 1. The summed E-state index contributed by atoms with van der Waals surface area (Å²) in [6.45, 7) is 14.0. The van der Waals surface area contributed by atoms with Crippen LogP contribution in [-0.2, 0) is 38.2 Å². The summed E-state index contributed by atoms with van der Waals surface area (Å²) in [6.07, 6.45) is -3.82. The molecule has 3 aromatic rings. The van der Waals surface area contributed by atoms with Crippen LogP contribution in [0, 0.1) is 23.1 Å². The summed E-state index contributed by atoms with van der Waals surface area (Å²) < 4.78 is 62.4.